The molecule has 0 saturated heterocycles. The zero-order chi connectivity index (χ0) is 21.8. The molecule has 2 aromatic carbocycles. The summed E-state index contributed by atoms with van der Waals surface area (Å²) in [7, 11) is 0. The Morgan fingerprint density at radius 1 is 1.19 bits per heavy atom. The van der Waals surface area contributed by atoms with Crippen LogP contribution in [-0.2, 0) is 16.8 Å². The molecule has 156 valence electrons. The van der Waals surface area contributed by atoms with Crippen LogP contribution in [0.3, 0.4) is 0 Å². The first-order valence-electron chi connectivity index (χ1n) is 9.91. The van der Waals surface area contributed by atoms with Crippen molar-refractivity contribution in [2.75, 3.05) is 10.2 Å². The molecule has 0 aliphatic carbocycles. The lowest BCUT2D eigenvalue weighted by molar-refractivity contribution is -0.122. The second-order valence-electron chi connectivity index (χ2n) is 8.21. The van der Waals surface area contributed by atoms with Crippen LogP contribution in [0.15, 0.2) is 60.1 Å². The van der Waals surface area contributed by atoms with E-state index in [9.17, 15) is 9.59 Å². The second-order valence-corrected chi connectivity index (χ2v) is 9.75. The summed E-state index contributed by atoms with van der Waals surface area (Å²) in [5, 5.41) is 5.88. The lowest BCUT2D eigenvalue weighted by Crippen LogP contribution is -2.35. The third-order valence-corrected chi connectivity index (χ3v) is 6.94. The zero-order valence-corrected chi connectivity index (χ0v) is 18.6. The number of nitrogens with zero attached hydrogens (tertiary/aromatic N) is 1. The summed E-state index contributed by atoms with van der Waals surface area (Å²) >= 11 is 7.52. The van der Waals surface area contributed by atoms with E-state index in [4.69, 9.17) is 11.6 Å². The van der Waals surface area contributed by atoms with Crippen LogP contribution in [0.4, 0.5) is 11.4 Å². The summed E-state index contributed by atoms with van der Waals surface area (Å²) in [4.78, 5) is 31.1. The average molecular weight is 450 g/mol. The third kappa shape index (κ3) is 3.32. The summed E-state index contributed by atoms with van der Waals surface area (Å²) in [6, 6.07) is 15.1. The van der Waals surface area contributed by atoms with Gasteiger partial charge in [-0.05, 0) is 54.6 Å². The quantitative estimate of drug-likeness (QED) is 0.403. The van der Waals surface area contributed by atoms with Crippen molar-refractivity contribution < 1.29 is 9.59 Å². The lowest BCUT2D eigenvalue weighted by atomic mass is 9.86. The number of carbonyl (C=O) groups is 2. The van der Waals surface area contributed by atoms with Crippen molar-refractivity contribution in [3.8, 4) is 0 Å². The van der Waals surface area contributed by atoms with Gasteiger partial charge in [0.25, 0.3) is 5.91 Å². The summed E-state index contributed by atoms with van der Waals surface area (Å²) in [5.74, 6) is -0.206. The molecule has 0 bridgehead atoms. The van der Waals surface area contributed by atoms with Crippen LogP contribution in [0.1, 0.15) is 35.3 Å². The van der Waals surface area contributed by atoms with Crippen molar-refractivity contribution in [1.82, 2.24) is 4.98 Å². The molecular weight excluding hydrogens is 430 g/mol. The number of fused-ring (bicyclic) bond motifs is 2. The van der Waals surface area contributed by atoms with Gasteiger partial charge in [-0.2, -0.15) is 0 Å². The number of H-pyrrole nitrogens is 1. The van der Waals surface area contributed by atoms with E-state index in [1.54, 1.807) is 23.2 Å². The summed E-state index contributed by atoms with van der Waals surface area (Å²) in [6.45, 7) is 4.26. The molecular formula is C24H20ClN3O2S. The molecule has 7 heteroatoms. The smallest absolute Gasteiger partial charge is 0.255 e. The highest BCUT2D eigenvalue weighted by atomic mass is 35.5. The molecule has 0 spiro atoms. The van der Waals surface area contributed by atoms with Crippen molar-refractivity contribution in [3.05, 3.63) is 81.1 Å². The van der Waals surface area contributed by atoms with Crippen molar-refractivity contribution in [2.24, 2.45) is 0 Å². The number of hydrogen-bond acceptors (Lipinski definition) is 3. The molecule has 0 radical (unpaired) electrons. The van der Waals surface area contributed by atoms with Crippen LogP contribution in [-0.4, -0.2) is 16.8 Å². The highest BCUT2D eigenvalue weighted by Crippen LogP contribution is 2.43. The fourth-order valence-corrected chi connectivity index (χ4v) is 5.02. The molecule has 2 N–H and O–H groups in total. The van der Waals surface area contributed by atoms with E-state index in [-0.39, 0.29) is 11.8 Å². The number of thiophene rings is 1. The van der Waals surface area contributed by atoms with Gasteiger partial charge in [0.05, 0.1) is 22.0 Å². The molecule has 0 saturated carbocycles. The molecule has 5 rings (SSSR count). The fourth-order valence-electron chi connectivity index (χ4n) is 4.12. The molecule has 5 nitrogen and oxygen atoms in total. The molecule has 0 atom stereocenters. The Bertz CT molecular complexity index is 1340. The van der Waals surface area contributed by atoms with Crippen LogP contribution < -0.4 is 10.2 Å². The van der Waals surface area contributed by atoms with Gasteiger partial charge in [0.1, 0.15) is 0 Å². The van der Waals surface area contributed by atoms with Gasteiger partial charge in [-0.1, -0.05) is 35.9 Å². The van der Waals surface area contributed by atoms with Crippen LogP contribution >= 0.6 is 22.9 Å². The van der Waals surface area contributed by atoms with Crippen LogP contribution in [0.25, 0.3) is 10.9 Å². The number of para-hydroxylation sites is 1. The van der Waals surface area contributed by atoms with Crippen LogP contribution in [0.5, 0.6) is 0 Å². The molecule has 0 fully saturated rings. The van der Waals surface area contributed by atoms with Crippen molar-refractivity contribution in [1.29, 1.82) is 0 Å². The first kappa shape index (κ1) is 19.8. The predicted molar refractivity (Wildman–Crippen MR) is 126 cm³/mol. The largest absolute Gasteiger partial charge is 0.359 e. The summed E-state index contributed by atoms with van der Waals surface area (Å²) in [5.41, 5.74) is 4.19. The number of halogens is 1. The average Bonchev–Trinajstić information content (AvgIpc) is 3.41. The van der Waals surface area contributed by atoms with E-state index in [2.05, 4.69) is 10.3 Å². The standard InChI is InChI=1S/C24H20ClN3O2S/c1-24(2)17-8-7-15(22(29)27-19-11-26-18-6-4-3-5-16(18)19)10-20(17)28(23(24)30)12-14-9-21(25)31-13-14/h3-11,13,26H,12H2,1-2H3,(H,27,29). The number of hydrogen-bond donors (Lipinski definition) is 2. The van der Waals surface area contributed by atoms with E-state index in [0.717, 1.165) is 33.4 Å². The second kappa shape index (κ2) is 7.25. The number of aromatic amines is 1. The van der Waals surface area contributed by atoms with E-state index in [1.165, 1.54) is 11.3 Å². The fraction of sp³-hybridized carbons (Fsp3) is 0.167. The first-order valence-corrected chi connectivity index (χ1v) is 11.2. The maximum Gasteiger partial charge on any atom is 0.255 e. The summed E-state index contributed by atoms with van der Waals surface area (Å²) in [6.07, 6.45) is 1.79. The lowest BCUT2D eigenvalue weighted by Gasteiger charge is -2.20. The Balaban J connectivity index is 1.48. The molecule has 4 aromatic rings. The number of amides is 2. The Kier molecular flexibility index (Phi) is 4.64. The predicted octanol–water partition coefficient (Wildman–Crippen LogP) is 5.96. The molecule has 2 aromatic heterocycles. The van der Waals surface area contributed by atoms with Crippen molar-refractivity contribution >= 4 is 57.0 Å². The van der Waals surface area contributed by atoms with Crippen LogP contribution in [0.2, 0.25) is 4.34 Å². The minimum Gasteiger partial charge on any atom is -0.359 e. The number of aromatic nitrogens is 1. The maximum absolute atomic E-state index is 13.2. The normalized spacial score (nSPS) is 14.8. The van der Waals surface area contributed by atoms with Gasteiger partial charge in [-0.25, -0.2) is 0 Å². The summed E-state index contributed by atoms with van der Waals surface area (Å²) < 4.78 is 0.688. The number of benzene rings is 2. The highest BCUT2D eigenvalue weighted by Gasteiger charge is 2.44. The zero-order valence-electron chi connectivity index (χ0n) is 17.0. The minimum absolute atomic E-state index is 0.0130. The SMILES string of the molecule is CC1(C)C(=O)N(Cc2csc(Cl)c2)c2cc(C(=O)Nc3c[nH]c4ccccc34)ccc21. The van der Waals surface area contributed by atoms with Gasteiger partial charge < -0.3 is 15.2 Å². The van der Waals surface area contributed by atoms with Crippen molar-refractivity contribution in [2.45, 2.75) is 25.8 Å². The Hall–Kier alpha value is -3.09. The molecule has 1 aliphatic rings. The van der Waals surface area contributed by atoms with Gasteiger partial charge in [0.15, 0.2) is 0 Å². The number of anilines is 2. The molecule has 2 amide bonds. The number of rotatable bonds is 4. The van der Waals surface area contributed by atoms with Gasteiger partial charge in [-0.3, -0.25) is 9.59 Å². The maximum atomic E-state index is 13.2. The van der Waals surface area contributed by atoms with E-state index in [1.807, 2.05) is 55.6 Å². The minimum atomic E-state index is -0.652. The van der Waals surface area contributed by atoms with Gasteiger partial charge in [-0.15, -0.1) is 11.3 Å². The van der Waals surface area contributed by atoms with E-state index >= 15 is 0 Å². The monoisotopic (exact) mass is 449 g/mol. The Morgan fingerprint density at radius 2 is 2.00 bits per heavy atom. The van der Waals surface area contributed by atoms with E-state index in [0.29, 0.717) is 16.4 Å². The first-order chi connectivity index (χ1) is 14.8. The number of carbonyl (C=O) groups excluding carboxylic acids is 2. The van der Waals surface area contributed by atoms with Crippen molar-refractivity contribution in [3.63, 3.8) is 0 Å². The topological polar surface area (TPSA) is 65.2 Å². The highest BCUT2D eigenvalue weighted by molar-refractivity contribution is 7.14. The number of nitrogens with one attached hydrogen (secondary N) is 2. The third-order valence-electron chi connectivity index (χ3n) is 5.80. The Labute approximate surface area is 188 Å². The van der Waals surface area contributed by atoms with Gasteiger partial charge >= 0.3 is 0 Å². The molecule has 1 aliphatic heterocycles. The molecule has 31 heavy (non-hydrogen) atoms. The Morgan fingerprint density at radius 3 is 2.77 bits per heavy atom. The van der Waals surface area contributed by atoms with E-state index < -0.39 is 5.41 Å². The molecule has 3 heterocycles. The van der Waals surface area contributed by atoms with Gasteiger partial charge in [0, 0.05) is 28.4 Å². The van der Waals surface area contributed by atoms with Gasteiger partial charge in [0.2, 0.25) is 5.91 Å². The van der Waals surface area contributed by atoms with Crippen LogP contribution in [0, 0.1) is 0 Å². The molecule has 0 unspecified atom stereocenters.